The molecule has 186 valence electrons. The molecule has 2 atom stereocenters. The molecule has 0 spiro atoms. The van der Waals surface area contributed by atoms with Gasteiger partial charge in [0.25, 0.3) is 5.56 Å². The van der Waals surface area contributed by atoms with E-state index in [-0.39, 0.29) is 16.9 Å². The van der Waals surface area contributed by atoms with Gasteiger partial charge >= 0.3 is 0 Å². The average Bonchev–Trinajstić information content (AvgIpc) is 3.29. The number of fused-ring (bicyclic) bond motifs is 1. The van der Waals surface area contributed by atoms with Crippen LogP contribution in [0.5, 0.6) is 0 Å². The van der Waals surface area contributed by atoms with Crippen molar-refractivity contribution in [2.45, 2.75) is 49.8 Å². The predicted octanol–water partition coefficient (Wildman–Crippen LogP) is 6.86. The van der Waals surface area contributed by atoms with Gasteiger partial charge in [-0.15, -0.1) is 11.6 Å². The first-order chi connectivity index (χ1) is 17.4. The molecule has 6 heteroatoms. The molecule has 2 unspecified atom stereocenters. The second kappa shape index (κ2) is 10.7. The molecule has 5 rings (SSSR count). The van der Waals surface area contributed by atoms with Crippen molar-refractivity contribution in [3.63, 3.8) is 0 Å². The van der Waals surface area contributed by atoms with Gasteiger partial charge in [0.1, 0.15) is 0 Å². The summed E-state index contributed by atoms with van der Waals surface area (Å²) in [6.07, 6.45) is 17.8. The van der Waals surface area contributed by atoms with Gasteiger partial charge in [-0.1, -0.05) is 53.6 Å². The molecule has 0 amide bonds. The van der Waals surface area contributed by atoms with Crippen LogP contribution in [0.15, 0.2) is 71.5 Å². The molecule has 0 N–H and O–H groups in total. The summed E-state index contributed by atoms with van der Waals surface area (Å²) in [5, 5.41) is 0.700. The van der Waals surface area contributed by atoms with E-state index < -0.39 is 0 Å². The number of hydrogen-bond donors (Lipinski definition) is 0. The molecule has 2 aliphatic rings. The lowest BCUT2D eigenvalue weighted by Gasteiger charge is -2.28. The molecule has 2 aliphatic carbocycles. The highest BCUT2D eigenvalue weighted by atomic mass is 35.5. The molecule has 0 fully saturated rings. The Morgan fingerprint density at radius 2 is 1.97 bits per heavy atom. The molecule has 0 radical (unpaired) electrons. The minimum absolute atomic E-state index is 0.0348. The second-order valence-electron chi connectivity index (χ2n) is 9.82. The maximum atomic E-state index is 12.8. The number of aromatic nitrogens is 3. The molecular weight excluding hydrogens is 489 g/mol. The first-order valence-corrected chi connectivity index (χ1v) is 13.4. The zero-order valence-corrected chi connectivity index (χ0v) is 22.3. The summed E-state index contributed by atoms with van der Waals surface area (Å²) in [5.41, 5.74) is 8.39. The van der Waals surface area contributed by atoms with E-state index in [2.05, 4.69) is 33.8 Å². The molecule has 0 saturated heterocycles. The van der Waals surface area contributed by atoms with Gasteiger partial charge in [-0.2, -0.15) is 0 Å². The number of benzene rings is 1. The lowest BCUT2D eigenvalue weighted by molar-refractivity contribution is 0.611. The molecule has 2 heterocycles. The van der Waals surface area contributed by atoms with Crippen molar-refractivity contribution in [2.75, 3.05) is 0 Å². The zero-order chi connectivity index (χ0) is 25.2. The van der Waals surface area contributed by atoms with Crippen LogP contribution in [-0.2, 0) is 26.9 Å². The zero-order valence-electron chi connectivity index (χ0n) is 20.8. The highest BCUT2D eigenvalue weighted by Gasteiger charge is 2.25. The SMILES string of the molecule is Cn1cncc1CCCC(C1=Cc2c(C3=CC=CC(Cl)C3)cc(=O)n(C)c2CC1)c1ccc(Cl)cc1. The Hall–Kier alpha value is -2.82. The Kier molecular flexibility index (Phi) is 7.36. The summed E-state index contributed by atoms with van der Waals surface area (Å²) in [7, 11) is 3.93. The summed E-state index contributed by atoms with van der Waals surface area (Å²) in [4.78, 5) is 17.1. The Bertz CT molecular complexity index is 1410. The number of hydrogen-bond acceptors (Lipinski definition) is 2. The second-order valence-corrected chi connectivity index (χ2v) is 10.8. The van der Waals surface area contributed by atoms with Gasteiger partial charge in [0.2, 0.25) is 0 Å². The van der Waals surface area contributed by atoms with Crippen LogP contribution in [0.1, 0.15) is 59.7 Å². The van der Waals surface area contributed by atoms with Crippen LogP contribution in [0.2, 0.25) is 5.02 Å². The van der Waals surface area contributed by atoms with E-state index in [4.69, 9.17) is 23.2 Å². The predicted molar refractivity (Wildman–Crippen MR) is 150 cm³/mol. The van der Waals surface area contributed by atoms with Gasteiger partial charge in [-0.05, 0) is 67.4 Å². The highest BCUT2D eigenvalue weighted by Crippen LogP contribution is 2.40. The smallest absolute Gasteiger partial charge is 0.251 e. The molecule has 0 aliphatic heterocycles. The fourth-order valence-corrected chi connectivity index (χ4v) is 5.88. The van der Waals surface area contributed by atoms with Gasteiger partial charge in [0, 0.05) is 54.3 Å². The van der Waals surface area contributed by atoms with E-state index in [1.807, 2.05) is 55.5 Å². The topological polar surface area (TPSA) is 39.8 Å². The number of allylic oxidation sites excluding steroid dienone is 5. The molecule has 1 aromatic carbocycles. The highest BCUT2D eigenvalue weighted by molar-refractivity contribution is 6.30. The van der Waals surface area contributed by atoms with Gasteiger partial charge in [-0.25, -0.2) is 4.98 Å². The number of alkyl halides is 1. The number of imidazole rings is 1. The lowest BCUT2D eigenvalue weighted by atomic mass is 9.79. The standard InChI is InChI=1S/C30H31Cl2N3O/c1-34-19-33-18-25(34)7-4-8-26(20-9-12-23(31)13-10-20)22-11-14-29-28(16-22)27(17-30(36)35(29)2)21-5-3-6-24(32)15-21/h3,5-6,9-10,12-13,16-19,24,26H,4,7-8,11,14-15H2,1-2H3. The summed E-state index contributed by atoms with van der Waals surface area (Å²) >= 11 is 12.7. The largest absolute Gasteiger partial charge is 0.338 e. The lowest BCUT2D eigenvalue weighted by Crippen LogP contribution is -2.25. The van der Waals surface area contributed by atoms with Crippen molar-refractivity contribution in [3.05, 3.63) is 110 Å². The van der Waals surface area contributed by atoms with Crippen LogP contribution in [0, 0.1) is 0 Å². The third kappa shape index (κ3) is 5.16. The van der Waals surface area contributed by atoms with Crippen molar-refractivity contribution >= 4 is 34.9 Å². The molecule has 0 bridgehead atoms. The summed E-state index contributed by atoms with van der Waals surface area (Å²) in [5.74, 6) is 0.287. The molecule has 3 aromatic rings. The van der Waals surface area contributed by atoms with Crippen LogP contribution in [-0.4, -0.2) is 19.5 Å². The van der Waals surface area contributed by atoms with Gasteiger partial charge in [-0.3, -0.25) is 4.79 Å². The van der Waals surface area contributed by atoms with Crippen molar-refractivity contribution in [3.8, 4) is 0 Å². The van der Waals surface area contributed by atoms with E-state index in [9.17, 15) is 4.79 Å². The van der Waals surface area contributed by atoms with E-state index in [0.29, 0.717) is 0 Å². The molecular formula is C30H31Cl2N3O. The monoisotopic (exact) mass is 519 g/mol. The van der Waals surface area contributed by atoms with Crippen LogP contribution < -0.4 is 5.56 Å². The van der Waals surface area contributed by atoms with E-state index >= 15 is 0 Å². The van der Waals surface area contributed by atoms with E-state index in [1.54, 1.807) is 6.07 Å². The summed E-state index contributed by atoms with van der Waals surface area (Å²) < 4.78 is 3.90. The van der Waals surface area contributed by atoms with Crippen molar-refractivity contribution in [1.29, 1.82) is 0 Å². The fraction of sp³-hybridized carbons (Fsp3) is 0.333. The number of nitrogens with zero attached hydrogens (tertiary/aromatic N) is 3. The van der Waals surface area contributed by atoms with E-state index in [1.165, 1.54) is 16.8 Å². The Balaban J connectivity index is 1.53. The summed E-state index contributed by atoms with van der Waals surface area (Å²) in [6.45, 7) is 0. The van der Waals surface area contributed by atoms with Gasteiger partial charge < -0.3 is 9.13 Å². The Morgan fingerprint density at radius 3 is 2.69 bits per heavy atom. The van der Waals surface area contributed by atoms with Crippen LogP contribution >= 0.6 is 23.2 Å². The first kappa shape index (κ1) is 24.9. The summed E-state index contributed by atoms with van der Waals surface area (Å²) in [6, 6.07) is 10.1. The maximum absolute atomic E-state index is 12.8. The normalized spacial score (nSPS) is 17.9. The Morgan fingerprint density at radius 1 is 1.17 bits per heavy atom. The third-order valence-electron chi connectivity index (χ3n) is 7.52. The minimum Gasteiger partial charge on any atom is -0.338 e. The van der Waals surface area contributed by atoms with E-state index in [0.717, 1.165) is 65.9 Å². The first-order valence-electron chi connectivity index (χ1n) is 12.6. The number of pyridine rings is 1. The van der Waals surface area contributed by atoms with Gasteiger partial charge in [0.15, 0.2) is 0 Å². The Labute approximate surface area is 222 Å². The number of aryl methyl sites for hydroxylation is 2. The van der Waals surface area contributed by atoms with Crippen LogP contribution in [0.3, 0.4) is 0 Å². The van der Waals surface area contributed by atoms with Crippen molar-refractivity contribution in [1.82, 2.24) is 14.1 Å². The van der Waals surface area contributed by atoms with Crippen molar-refractivity contribution < 1.29 is 0 Å². The van der Waals surface area contributed by atoms with Crippen molar-refractivity contribution in [2.24, 2.45) is 14.1 Å². The molecule has 0 saturated carbocycles. The number of halogens is 2. The third-order valence-corrected chi connectivity index (χ3v) is 8.08. The van der Waals surface area contributed by atoms with Gasteiger partial charge in [0.05, 0.1) is 11.7 Å². The maximum Gasteiger partial charge on any atom is 0.251 e. The molecule has 2 aromatic heterocycles. The quantitative estimate of drug-likeness (QED) is 0.320. The minimum atomic E-state index is -0.0504. The fourth-order valence-electron chi connectivity index (χ4n) is 5.50. The molecule has 36 heavy (non-hydrogen) atoms. The van der Waals surface area contributed by atoms with Crippen LogP contribution in [0.25, 0.3) is 11.6 Å². The van der Waals surface area contributed by atoms with Crippen LogP contribution in [0.4, 0.5) is 0 Å². The number of rotatable bonds is 7. The average molecular weight is 521 g/mol. The molecule has 4 nitrogen and oxygen atoms in total.